The molecule has 0 aliphatic rings. The lowest BCUT2D eigenvalue weighted by atomic mass is 10.3. The molecule has 1 aromatic carbocycles. The van der Waals surface area contributed by atoms with Crippen molar-refractivity contribution in [2.75, 3.05) is 20.2 Å². The first-order chi connectivity index (χ1) is 10.5. The Bertz CT molecular complexity index is 633. The van der Waals surface area contributed by atoms with Crippen LogP contribution < -0.4 is 10.1 Å². The maximum atomic E-state index is 13.0. The molecular weight excluding hydrogens is 305 g/mol. The molecule has 22 heavy (non-hydrogen) atoms. The molecule has 118 valence electrons. The number of rotatable bonds is 6. The topological polar surface area (TPSA) is 54.5 Å². The van der Waals surface area contributed by atoms with Gasteiger partial charge in [0.1, 0.15) is 18.2 Å². The molecule has 2 aromatic rings. The summed E-state index contributed by atoms with van der Waals surface area (Å²) < 4.78 is 18.3. The summed E-state index contributed by atoms with van der Waals surface area (Å²) in [5, 5.41) is 5.65. The van der Waals surface area contributed by atoms with Crippen LogP contribution in [0, 0.1) is 12.7 Å². The minimum atomic E-state index is -0.347. The van der Waals surface area contributed by atoms with Crippen LogP contribution in [0.5, 0.6) is 5.75 Å². The molecular formula is C15H18FN3O2S. The monoisotopic (exact) mass is 323 g/mol. The van der Waals surface area contributed by atoms with E-state index in [-0.39, 0.29) is 18.5 Å². The minimum Gasteiger partial charge on any atom is -0.492 e. The number of hydrogen-bond donors (Lipinski definition) is 1. The Kier molecular flexibility index (Phi) is 5.71. The van der Waals surface area contributed by atoms with E-state index in [1.54, 1.807) is 35.4 Å². The van der Waals surface area contributed by atoms with E-state index < -0.39 is 0 Å². The fourth-order valence-electron chi connectivity index (χ4n) is 1.81. The zero-order chi connectivity index (χ0) is 15.9. The van der Waals surface area contributed by atoms with E-state index >= 15 is 0 Å². The van der Waals surface area contributed by atoms with E-state index in [4.69, 9.17) is 4.74 Å². The highest BCUT2D eigenvalue weighted by Crippen LogP contribution is 2.11. The zero-order valence-corrected chi connectivity index (χ0v) is 13.3. The van der Waals surface area contributed by atoms with Crippen molar-refractivity contribution in [1.29, 1.82) is 0 Å². The van der Waals surface area contributed by atoms with Crippen molar-refractivity contribution in [2.45, 2.75) is 13.5 Å². The van der Waals surface area contributed by atoms with Gasteiger partial charge in [-0.15, -0.1) is 11.3 Å². The summed E-state index contributed by atoms with van der Waals surface area (Å²) in [4.78, 5) is 17.8. The molecule has 0 spiro atoms. The number of halogens is 1. The van der Waals surface area contributed by atoms with E-state index in [2.05, 4.69) is 10.3 Å². The number of thiazole rings is 1. The number of urea groups is 1. The number of carbonyl (C=O) groups is 1. The maximum Gasteiger partial charge on any atom is 0.317 e. The highest BCUT2D eigenvalue weighted by atomic mass is 32.1. The molecule has 0 saturated carbocycles. The summed E-state index contributed by atoms with van der Waals surface area (Å²) in [5.41, 5.74) is 0.871. The third kappa shape index (κ3) is 5.00. The molecule has 7 heteroatoms. The van der Waals surface area contributed by atoms with Crippen molar-refractivity contribution >= 4 is 17.4 Å². The first kappa shape index (κ1) is 16.2. The fourth-order valence-corrected chi connectivity index (χ4v) is 2.42. The lowest BCUT2D eigenvalue weighted by molar-refractivity contribution is 0.203. The maximum absolute atomic E-state index is 13.0. The van der Waals surface area contributed by atoms with E-state index in [1.165, 1.54) is 12.1 Å². The van der Waals surface area contributed by atoms with Crippen molar-refractivity contribution < 1.29 is 13.9 Å². The number of nitrogens with zero attached hydrogens (tertiary/aromatic N) is 2. The van der Waals surface area contributed by atoms with Gasteiger partial charge in [0.05, 0.1) is 23.8 Å². The highest BCUT2D eigenvalue weighted by molar-refractivity contribution is 7.09. The van der Waals surface area contributed by atoms with Gasteiger partial charge in [-0.25, -0.2) is 14.2 Å². The van der Waals surface area contributed by atoms with Crippen LogP contribution in [0.4, 0.5) is 9.18 Å². The van der Waals surface area contributed by atoms with Gasteiger partial charge in [0.25, 0.3) is 0 Å². The van der Waals surface area contributed by atoms with Crippen molar-refractivity contribution in [1.82, 2.24) is 15.2 Å². The Morgan fingerprint density at radius 3 is 3.00 bits per heavy atom. The second kappa shape index (κ2) is 7.74. The predicted molar refractivity (Wildman–Crippen MR) is 83.6 cm³/mol. The van der Waals surface area contributed by atoms with Crippen LogP contribution in [0.25, 0.3) is 0 Å². The van der Waals surface area contributed by atoms with E-state index in [0.29, 0.717) is 18.8 Å². The number of ether oxygens (including phenoxy) is 1. The number of aromatic nitrogens is 1. The zero-order valence-electron chi connectivity index (χ0n) is 12.5. The molecule has 1 N–H and O–H groups in total. The standard InChI is InChI=1S/C15H18FN3O2S/c1-11-18-13(10-22-11)9-19(2)15(20)17-6-7-21-14-5-3-4-12(16)8-14/h3-5,8,10H,6-7,9H2,1-2H3,(H,17,20). The number of carbonyl (C=O) groups excluding carboxylic acids is 1. The van der Waals surface area contributed by atoms with Crippen LogP contribution >= 0.6 is 11.3 Å². The van der Waals surface area contributed by atoms with Gasteiger partial charge in [0.15, 0.2) is 0 Å². The van der Waals surface area contributed by atoms with Crippen molar-refractivity contribution in [3.8, 4) is 5.75 Å². The molecule has 0 aliphatic heterocycles. The Hall–Kier alpha value is -2.15. The van der Waals surface area contributed by atoms with Crippen molar-refractivity contribution in [3.63, 3.8) is 0 Å². The van der Waals surface area contributed by atoms with E-state index in [0.717, 1.165) is 10.7 Å². The first-order valence-electron chi connectivity index (χ1n) is 6.83. The summed E-state index contributed by atoms with van der Waals surface area (Å²) in [5.74, 6) is 0.0976. The van der Waals surface area contributed by atoms with E-state index in [9.17, 15) is 9.18 Å². The second-order valence-corrected chi connectivity index (χ2v) is 5.81. The molecule has 0 saturated heterocycles. The van der Waals surface area contributed by atoms with Gasteiger partial charge in [0.2, 0.25) is 0 Å². The normalized spacial score (nSPS) is 10.3. The third-order valence-corrected chi connectivity index (χ3v) is 3.68. The molecule has 0 bridgehead atoms. The number of nitrogens with one attached hydrogen (secondary N) is 1. The average Bonchev–Trinajstić information content (AvgIpc) is 2.88. The molecule has 0 atom stereocenters. The van der Waals surface area contributed by atoms with Crippen LogP contribution in [0.3, 0.4) is 0 Å². The summed E-state index contributed by atoms with van der Waals surface area (Å²) >= 11 is 1.56. The number of amides is 2. The van der Waals surface area contributed by atoms with Gasteiger partial charge in [-0.1, -0.05) is 6.07 Å². The Labute approximate surface area is 132 Å². The lowest BCUT2D eigenvalue weighted by Crippen LogP contribution is -2.38. The minimum absolute atomic E-state index is 0.200. The summed E-state index contributed by atoms with van der Waals surface area (Å²) in [6, 6.07) is 5.70. The lowest BCUT2D eigenvalue weighted by Gasteiger charge is -2.17. The van der Waals surface area contributed by atoms with Crippen LogP contribution in [0.1, 0.15) is 10.7 Å². The fraction of sp³-hybridized carbons (Fsp3) is 0.333. The van der Waals surface area contributed by atoms with Crippen LogP contribution in [-0.4, -0.2) is 36.1 Å². The van der Waals surface area contributed by atoms with E-state index in [1.807, 2.05) is 12.3 Å². The SMILES string of the molecule is Cc1nc(CN(C)C(=O)NCCOc2cccc(F)c2)cs1. The molecule has 0 fully saturated rings. The molecule has 1 aromatic heterocycles. The molecule has 2 rings (SSSR count). The van der Waals surface area contributed by atoms with Crippen molar-refractivity contribution in [2.24, 2.45) is 0 Å². The van der Waals surface area contributed by atoms with Gasteiger partial charge in [0, 0.05) is 18.5 Å². The van der Waals surface area contributed by atoms with Gasteiger partial charge in [-0.3, -0.25) is 0 Å². The van der Waals surface area contributed by atoms with Crippen LogP contribution in [0.2, 0.25) is 0 Å². The Balaban J connectivity index is 1.68. The van der Waals surface area contributed by atoms with Crippen molar-refractivity contribution in [3.05, 3.63) is 46.2 Å². The first-order valence-corrected chi connectivity index (χ1v) is 7.71. The summed E-state index contributed by atoms with van der Waals surface area (Å²) in [6.07, 6.45) is 0. The molecule has 0 unspecified atom stereocenters. The molecule has 0 aliphatic carbocycles. The highest BCUT2D eigenvalue weighted by Gasteiger charge is 2.10. The smallest absolute Gasteiger partial charge is 0.317 e. The quantitative estimate of drug-likeness (QED) is 0.832. The van der Waals surface area contributed by atoms with Gasteiger partial charge >= 0.3 is 6.03 Å². The predicted octanol–water partition coefficient (Wildman–Crippen LogP) is 2.81. The molecule has 1 heterocycles. The van der Waals surface area contributed by atoms with Gasteiger partial charge < -0.3 is 15.0 Å². The Morgan fingerprint density at radius 1 is 1.50 bits per heavy atom. The molecule has 0 radical (unpaired) electrons. The van der Waals surface area contributed by atoms with Gasteiger partial charge in [-0.2, -0.15) is 0 Å². The molecule has 2 amide bonds. The average molecular weight is 323 g/mol. The third-order valence-electron chi connectivity index (χ3n) is 2.86. The summed E-state index contributed by atoms with van der Waals surface area (Å²) in [7, 11) is 1.71. The number of hydrogen-bond acceptors (Lipinski definition) is 4. The van der Waals surface area contributed by atoms with Gasteiger partial charge in [-0.05, 0) is 19.1 Å². The van der Waals surface area contributed by atoms with Crippen LogP contribution in [-0.2, 0) is 6.54 Å². The summed E-state index contributed by atoms with van der Waals surface area (Å²) in [6.45, 7) is 3.01. The Morgan fingerprint density at radius 2 is 2.32 bits per heavy atom. The number of aryl methyl sites for hydroxylation is 1. The largest absolute Gasteiger partial charge is 0.492 e. The number of benzene rings is 1. The molecule has 5 nitrogen and oxygen atoms in total. The van der Waals surface area contributed by atoms with Crippen LogP contribution in [0.15, 0.2) is 29.6 Å². The second-order valence-electron chi connectivity index (χ2n) is 4.75.